The van der Waals surface area contributed by atoms with Crippen molar-refractivity contribution in [2.45, 2.75) is 31.8 Å². The summed E-state index contributed by atoms with van der Waals surface area (Å²) < 4.78 is 0. The Bertz CT molecular complexity index is 521. The van der Waals surface area contributed by atoms with Crippen LogP contribution < -0.4 is 0 Å². The second-order valence-corrected chi connectivity index (χ2v) is 6.34. The molecule has 5 heteroatoms. The summed E-state index contributed by atoms with van der Waals surface area (Å²) in [4.78, 5) is 16.9. The highest BCUT2D eigenvalue weighted by molar-refractivity contribution is 6.42. The van der Waals surface area contributed by atoms with Crippen LogP contribution in [-0.2, 0) is 11.2 Å². The Morgan fingerprint density at radius 1 is 1.15 bits per heavy atom. The monoisotopic (exact) mass is 312 g/mol. The van der Waals surface area contributed by atoms with Crippen molar-refractivity contribution in [2.24, 2.45) is 0 Å². The molecule has 3 rings (SSSR count). The Hall–Kier alpha value is -0.770. The van der Waals surface area contributed by atoms with Crippen LogP contribution in [0.15, 0.2) is 18.2 Å². The van der Waals surface area contributed by atoms with Crippen LogP contribution in [0.2, 0.25) is 10.0 Å². The van der Waals surface area contributed by atoms with Crippen LogP contribution in [0, 0.1) is 0 Å². The van der Waals surface area contributed by atoms with Gasteiger partial charge in [0.05, 0.1) is 22.6 Å². The number of rotatable bonds is 2. The van der Waals surface area contributed by atoms with Crippen molar-refractivity contribution in [3.63, 3.8) is 0 Å². The van der Waals surface area contributed by atoms with Crippen LogP contribution in [0.1, 0.15) is 24.8 Å². The summed E-state index contributed by atoms with van der Waals surface area (Å²) >= 11 is 11.9. The average molecular weight is 313 g/mol. The van der Waals surface area contributed by atoms with Gasteiger partial charge in [0.25, 0.3) is 0 Å². The number of halogens is 2. The quantitative estimate of drug-likeness (QED) is 0.837. The van der Waals surface area contributed by atoms with E-state index in [1.165, 1.54) is 12.8 Å². The third-order valence-corrected chi connectivity index (χ3v) is 4.97. The molecule has 0 N–H and O–H groups in total. The fraction of sp³-hybridized carbons (Fsp3) is 0.533. The first-order valence-corrected chi connectivity index (χ1v) is 7.88. The number of amides is 1. The third kappa shape index (κ3) is 2.80. The molecule has 2 heterocycles. The highest BCUT2D eigenvalue weighted by atomic mass is 35.5. The second-order valence-electron chi connectivity index (χ2n) is 5.52. The van der Waals surface area contributed by atoms with Gasteiger partial charge < -0.3 is 4.90 Å². The molecule has 2 aliphatic rings. The standard InChI is InChI=1S/C15H18Cl2N2O/c16-12-5-4-11(9-13(12)17)10-15(20)19-8-7-18-6-2-1-3-14(18)19/h4-5,9,14H,1-3,6-8,10H2/t14-/m0/s1. The topological polar surface area (TPSA) is 23.6 Å². The molecule has 0 unspecified atom stereocenters. The van der Waals surface area contributed by atoms with Crippen LogP contribution in [0.5, 0.6) is 0 Å². The summed E-state index contributed by atoms with van der Waals surface area (Å²) in [6.07, 6.45) is 4.30. The SMILES string of the molecule is O=C(Cc1ccc(Cl)c(Cl)c1)N1CCN2CCCC[C@@H]21. The van der Waals surface area contributed by atoms with Gasteiger partial charge in [0.2, 0.25) is 5.91 Å². The zero-order valence-electron chi connectivity index (χ0n) is 11.3. The molecule has 0 radical (unpaired) electrons. The molecule has 1 amide bonds. The van der Waals surface area contributed by atoms with E-state index in [0.29, 0.717) is 22.6 Å². The van der Waals surface area contributed by atoms with Crippen molar-refractivity contribution in [2.75, 3.05) is 19.6 Å². The zero-order valence-corrected chi connectivity index (χ0v) is 12.8. The fourth-order valence-corrected chi connectivity index (χ4v) is 3.51. The number of carbonyl (C=O) groups excluding carboxylic acids is 1. The maximum atomic E-state index is 12.5. The number of hydrogen-bond acceptors (Lipinski definition) is 2. The first-order valence-electron chi connectivity index (χ1n) is 7.12. The number of piperidine rings is 1. The average Bonchev–Trinajstić information content (AvgIpc) is 2.87. The van der Waals surface area contributed by atoms with Gasteiger partial charge in [0.1, 0.15) is 0 Å². The van der Waals surface area contributed by atoms with Gasteiger partial charge in [0.15, 0.2) is 0 Å². The normalized spacial score (nSPS) is 22.9. The van der Waals surface area contributed by atoms with E-state index in [1.54, 1.807) is 12.1 Å². The van der Waals surface area contributed by atoms with E-state index >= 15 is 0 Å². The molecule has 2 aliphatic heterocycles. The van der Waals surface area contributed by atoms with Crippen molar-refractivity contribution in [3.05, 3.63) is 33.8 Å². The minimum Gasteiger partial charge on any atom is -0.325 e. The van der Waals surface area contributed by atoms with Crippen LogP contribution >= 0.6 is 23.2 Å². The molecule has 108 valence electrons. The van der Waals surface area contributed by atoms with E-state index < -0.39 is 0 Å². The summed E-state index contributed by atoms with van der Waals surface area (Å²) in [6, 6.07) is 5.42. The van der Waals surface area contributed by atoms with Crippen molar-refractivity contribution in [1.82, 2.24) is 9.80 Å². The molecule has 0 bridgehead atoms. The maximum absolute atomic E-state index is 12.5. The Balaban J connectivity index is 1.68. The third-order valence-electron chi connectivity index (χ3n) is 4.23. The van der Waals surface area contributed by atoms with E-state index in [-0.39, 0.29) is 5.91 Å². The molecule has 0 saturated carbocycles. The molecule has 1 atom stereocenters. The smallest absolute Gasteiger partial charge is 0.228 e. The van der Waals surface area contributed by atoms with Crippen LogP contribution in [0.25, 0.3) is 0 Å². The minimum atomic E-state index is 0.192. The molecule has 20 heavy (non-hydrogen) atoms. The molecule has 3 nitrogen and oxygen atoms in total. The first kappa shape index (κ1) is 14.2. The predicted octanol–water partition coefficient (Wildman–Crippen LogP) is 3.19. The van der Waals surface area contributed by atoms with Gasteiger partial charge in [0, 0.05) is 19.6 Å². The van der Waals surface area contributed by atoms with E-state index in [2.05, 4.69) is 4.90 Å². The highest BCUT2D eigenvalue weighted by Crippen LogP contribution is 2.27. The van der Waals surface area contributed by atoms with Gasteiger partial charge in [-0.25, -0.2) is 0 Å². The van der Waals surface area contributed by atoms with Gasteiger partial charge in [-0.2, -0.15) is 0 Å². The number of hydrogen-bond donors (Lipinski definition) is 0. The van der Waals surface area contributed by atoms with Crippen molar-refractivity contribution in [1.29, 1.82) is 0 Å². The first-order chi connectivity index (χ1) is 9.65. The highest BCUT2D eigenvalue weighted by Gasteiger charge is 2.35. The molecule has 0 spiro atoms. The van der Waals surface area contributed by atoms with Gasteiger partial charge >= 0.3 is 0 Å². The molecule has 1 aromatic carbocycles. The Morgan fingerprint density at radius 2 is 2.00 bits per heavy atom. The summed E-state index contributed by atoms with van der Waals surface area (Å²) in [5.74, 6) is 0.192. The Morgan fingerprint density at radius 3 is 2.80 bits per heavy atom. The number of nitrogens with zero attached hydrogens (tertiary/aromatic N) is 2. The van der Waals surface area contributed by atoms with Crippen molar-refractivity contribution < 1.29 is 4.79 Å². The molecule has 0 aliphatic carbocycles. The summed E-state index contributed by atoms with van der Waals surface area (Å²) in [6.45, 7) is 2.99. The number of fused-ring (bicyclic) bond motifs is 1. The maximum Gasteiger partial charge on any atom is 0.228 e. The van der Waals surface area contributed by atoms with Crippen molar-refractivity contribution in [3.8, 4) is 0 Å². The molecule has 0 aromatic heterocycles. The van der Waals surface area contributed by atoms with E-state index in [4.69, 9.17) is 23.2 Å². The molecular weight excluding hydrogens is 295 g/mol. The Labute approximate surface area is 129 Å². The van der Waals surface area contributed by atoms with Gasteiger partial charge in [-0.1, -0.05) is 29.3 Å². The van der Waals surface area contributed by atoms with Gasteiger partial charge in [-0.3, -0.25) is 9.69 Å². The summed E-state index contributed by atoms with van der Waals surface area (Å²) in [5.41, 5.74) is 0.929. The van der Waals surface area contributed by atoms with E-state index in [0.717, 1.165) is 31.6 Å². The summed E-state index contributed by atoms with van der Waals surface area (Å²) in [5, 5.41) is 1.04. The van der Waals surface area contributed by atoms with Gasteiger partial charge in [-0.05, 0) is 37.0 Å². The largest absolute Gasteiger partial charge is 0.325 e. The molecular formula is C15H18Cl2N2O. The number of carbonyl (C=O) groups is 1. The van der Waals surface area contributed by atoms with Gasteiger partial charge in [-0.15, -0.1) is 0 Å². The number of benzene rings is 1. The van der Waals surface area contributed by atoms with Crippen molar-refractivity contribution >= 4 is 29.1 Å². The van der Waals surface area contributed by atoms with Crippen LogP contribution in [-0.4, -0.2) is 41.5 Å². The van der Waals surface area contributed by atoms with E-state index in [1.807, 2.05) is 11.0 Å². The second kappa shape index (κ2) is 5.92. The minimum absolute atomic E-state index is 0.192. The fourth-order valence-electron chi connectivity index (χ4n) is 3.19. The summed E-state index contributed by atoms with van der Waals surface area (Å²) in [7, 11) is 0. The molecule has 2 fully saturated rings. The lowest BCUT2D eigenvalue weighted by Crippen LogP contribution is -2.45. The lowest BCUT2D eigenvalue weighted by molar-refractivity contribution is -0.133. The van der Waals surface area contributed by atoms with E-state index in [9.17, 15) is 4.79 Å². The van der Waals surface area contributed by atoms with Crippen LogP contribution in [0.4, 0.5) is 0 Å². The molecule has 2 saturated heterocycles. The Kier molecular flexibility index (Phi) is 4.20. The predicted molar refractivity (Wildman–Crippen MR) is 81.1 cm³/mol. The lowest BCUT2D eigenvalue weighted by Gasteiger charge is -2.33. The van der Waals surface area contributed by atoms with Crippen LogP contribution in [0.3, 0.4) is 0 Å². The molecule has 1 aromatic rings. The zero-order chi connectivity index (χ0) is 14.1. The lowest BCUT2D eigenvalue weighted by atomic mass is 10.1.